The first-order chi connectivity index (χ1) is 9.35. The van der Waals surface area contributed by atoms with Crippen molar-refractivity contribution in [1.82, 2.24) is 9.97 Å². The Morgan fingerprint density at radius 1 is 1.32 bits per heavy atom. The van der Waals surface area contributed by atoms with Crippen molar-refractivity contribution in [2.75, 3.05) is 37.4 Å². The smallest absolute Gasteiger partial charge is 0.204 e. The Bertz CT molecular complexity index is 394. The molecule has 0 spiro atoms. The predicted molar refractivity (Wildman–Crippen MR) is 74.8 cm³/mol. The minimum atomic E-state index is 0.260. The number of nitrogens with zero attached hydrogens (tertiary/aromatic N) is 2. The van der Waals surface area contributed by atoms with Crippen LogP contribution < -0.4 is 15.4 Å². The summed E-state index contributed by atoms with van der Waals surface area (Å²) in [7, 11) is 1.63. The summed E-state index contributed by atoms with van der Waals surface area (Å²) in [4.78, 5) is 8.41. The SMILES string of the molecule is CCNc1ncnc(NCC2CCCCO2)c1OC. The van der Waals surface area contributed by atoms with E-state index in [2.05, 4.69) is 20.6 Å². The molecule has 106 valence electrons. The topological polar surface area (TPSA) is 68.3 Å². The van der Waals surface area contributed by atoms with Gasteiger partial charge >= 0.3 is 0 Å². The van der Waals surface area contributed by atoms with E-state index in [0.29, 0.717) is 17.4 Å². The maximum Gasteiger partial charge on any atom is 0.204 e. The molecular weight excluding hydrogens is 244 g/mol. The highest BCUT2D eigenvalue weighted by Gasteiger charge is 2.16. The summed E-state index contributed by atoms with van der Waals surface area (Å²) in [5.74, 6) is 2.08. The Kier molecular flexibility index (Phi) is 5.20. The number of methoxy groups -OCH3 is 1. The van der Waals surface area contributed by atoms with Crippen LogP contribution in [0.2, 0.25) is 0 Å². The highest BCUT2D eigenvalue weighted by atomic mass is 16.5. The number of aromatic nitrogens is 2. The standard InChI is InChI=1S/C13H22N4O2/c1-3-14-12-11(18-2)13(17-9-16-12)15-8-10-6-4-5-7-19-10/h9-10H,3-8H2,1-2H3,(H2,14,15,16,17). The van der Waals surface area contributed by atoms with E-state index in [9.17, 15) is 0 Å². The summed E-state index contributed by atoms with van der Waals surface area (Å²) in [6, 6.07) is 0. The Hall–Kier alpha value is -1.56. The molecule has 1 aromatic rings. The Morgan fingerprint density at radius 2 is 2.11 bits per heavy atom. The predicted octanol–water partition coefficient (Wildman–Crippen LogP) is 1.90. The van der Waals surface area contributed by atoms with E-state index in [1.165, 1.54) is 12.7 Å². The molecule has 1 aliphatic heterocycles. The number of anilines is 2. The number of nitrogens with one attached hydrogen (secondary N) is 2. The third-order valence-corrected chi connectivity index (χ3v) is 3.12. The van der Waals surface area contributed by atoms with E-state index in [1.54, 1.807) is 7.11 Å². The van der Waals surface area contributed by atoms with Gasteiger partial charge in [-0.2, -0.15) is 0 Å². The van der Waals surface area contributed by atoms with Crippen molar-refractivity contribution >= 4 is 11.6 Å². The molecule has 6 heteroatoms. The highest BCUT2D eigenvalue weighted by Crippen LogP contribution is 2.29. The van der Waals surface area contributed by atoms with Crippen molar-refractivity contribution in [3.05, 3.63) is 6.33 Å². The molecule has 0 aromatic carbocycles. The number of hydrogen-bond donors (Lipinski definition) is 2. The molecule has 2 heterocycles. The molecule has 1 aliphatic rings. The normalized spacial score (nSPS) is 18.9. The molecule has 0 amide bonds. The zero-order chi connectivity index (χ0) is 13.5. The maximum atomic E-state index is 5.69. The summed E-state index contributed by atoms with van der Waals surface area (Å²) in [6.45, 7) is 4.41. The first-order valence-corrected chi connectivity index (χ1v) is 6.83. The lowest BCUT2D eigenvalue weighted by atomic mass is 10.1. The summed E-state index contributed by atoms with van der Waals surface area (Å²) in [6.07, 6.45) is 5.29. The molecule has 1 atom stereocenters. The second-order valence-electron chi connectivity index (χ2n) is 4.50. The van der Waals surface area contributed by atoms with Crippen LogP contribution in [0.1, 0.15) is 26.2 Å². The molecule has 0 aliphatic carbocycles. The summed E-state index contributed by atoms with van der Waals surface area (Å²) in [5, 5.41) is 6.45. The van der Waals surface area contributed by atoms with Crippen LogP contribution in [-0.4, -0.2) is 42.9 Å². The van der Waals surface area contributed by atoms with Crippen molar-refractivity contribution in [2.24, 2.45) is 0 Å². The molecule has 2 rings (SSSR count). The van der Waals surface area contributed by atoms with Crippen molar-refractivity contribution in [2.45, 2.75) is 32.3 Å². The van der Waals surface area contributed by atoms with Gasteiger partial charge in [0.1, 0.15) is 6.33 Å². The van der Waals surface area contributed by atoms with Gasteiger partial charge in [0.05, 0.1) is 13.2 Å². The number of rotatable bonds is 6. The van der Waals surface area contributed by atoms with Gasteiger partial charge < -0.3 is 20.1 Å². The number of hydrogen-bond acceptors (Lipinski definition) is 6. The number of ether oxygens (including phenoxy) is 2. The van der Waals surface area contributed by atoms with Crippen molar-refractivity contribution in [3.63, 3.8) is 0 Å². The van der Waals surface area contributed by atoms with Gasteiger partial charge in [-0.05, 0) is 26.2 Å². The Labute approximate surface area is 113 Å². The van der Waals surface area contributed by atoms with Crippen LogP contribution in [0, 0.1) is 0 Å². The third kappa shape index (κ3) is 3.70. The van der Waals surface area contributed by atoms with Crippen LogP contribution in [0.25, 0.3) is 0 Å². The lowest BCUT2D eigenvalue weighted by Gasteiger charge is -2.23. The monoisotopic (exact) mass is 266 g/mol. The molecule has 19 heavy (non-hydrogen) atoms. The van der Waals surface area contributed by atoms with Gasteiger partial charge in [-0.25, -0.2) is 9.97 Å². The van der Waals surface area contributed by atoms with Gasteiger partial charge in [-0.1, -0.05) is 0 Å². The molecule has 0 bridgehead atoms. The van der Waals surface area contributed by atoms with E-state index in [4.69, 9.17) is 9.47 Å². The summed E-state index contributed by atoms with van der Waals surface area (Å²) >= 11 is 0. The average molecular weight is 266 g/mol. The molecule has 6 nitrogen and oxygen atoms in total. The Balaban J connectivity index is 2.00. The molecule has 1 fully saturated rings. The van der Waals surface area contributed by atoms with E-state index >= 15 is 0 Å². The summed E-state index contributed by atoms with van der Waals surface area (Å²) in [5.41, 5.74) is 0. The zero-order valence-corrected chi connectivity index (χ0v) is 11.6. The maximum absolute atomic E-state index is 5.69. The van der Waals surface area contributed by atoms with Gasteiger partial charge in [-0.15, -0.1) is 0 Å². The fourth-order valence-corrected chi connectivity index (χ4v) is 2.17. The van der Waals surface area contributed by atoms with Crippen molar-refractivity contribution in [3.8, 4) is 5.75 Å². The quantitative estimate of drug-likeness (QED) is 0.819. The van der Waals surface area contributed by atoms with Gasteiger partial charge in [0.15, 0.2) is 11.6 Å². The van der Waals surface area contributed by atoms with Crippen LogP contribution in [0.15, 0.2) is 6.33 Å². The molecule has 0 saturated carbocycles. The fraction of sp³-hybridized carbons (Fsp3) is 0.692. The first-order valence-electron chi connectivity index (χ1n) is 6.83. The van der Waals surface area contributed by atoms with Crippen LogP contribution in [-0.2, 0) is 4.74 Å². The molecular formula is C13H22N4O2. The van der Waals surface area contributed by atoms with E-state index < -0.39 is 0 Å². The minimum Gasteiger partial charge on any atom is -0.490 e. The summed E-state index contributed by atoms with van der Waals surface area (Å²) < 4.78 is 11.1. The third-order valence-electron chi connectivity index (χ3n) is 3.12. The van der Waals surface area contributed by atoms with Gasteiger partial charge in [-0.3, -0.25) is 0 Å². The van der Waals surface area contributed by atoms with Crippen LogP contribution in [0.5, 0.6) is 5.75 Å². The van der Waals surface area contributed by atoms with E-state index in [1.807, 2.05) is 6.92 Å². The zero-order valence-electron chi connectivity index (χ0n) is 11.6. The lowest BCUT2D eigenvalue weighted by molar-refractivity contribution is 0.0247. The average Bonchev–Trinajstić information content (AvgIpc) is 2.46. The molecule has 1 saturated heterocycles. The van der Waals surface area contributed by atoms with Crippen LogP contribution in [0.4, 0.5) is 11.6 Å². The van der Waals surface area contributed by atoms with Crippen molar-refractivity contribution < 1.29 is 9.47 Å². The molecule has 2 N–H and O–H groups in total. The van der Waals surface area contributed by atoms with E-state index in [-0.39, 0.29) is 6.10 Å². The molecule has 1 aromatic heterocycles. The largest absolute Gasteiger partial charge is 0.490 e. The van der Waals surface area contributed by atoms with Crippen LogP contribution >= 0.6 is 0 Å². The highest BCUT2D eigenvalue weighted by molar-refractivity contribution is 5.63. The second-order valence-corrected chi connectivity index (χ2v) is 4.50. The molecule has 1 unspecified atom stereocenters. The van der Waals surface area contributed by atoms with Gasteiger partial charge in [0, 0.05) is 19.7 Å². The molecule has 0 radical (unpaired) electrons. The van der Waals surface area contributed by atoms with Crippen LogP contribution in [0.3, 0.4) is 0 Å². The van der Waals surface area contributed by atoms with Gasteiger partial charge in [0.2, 0.25) is 5.75 Å². The van der Waals surface area contributed by atoms with Crippen molar-refractivity contribution in [1.29, 1.82) is 0 Å². The fourth-order valence-electron chi connectivity index (χ4n) is 2.17. The second kappa shape index (κ2) is 7.13. The lowest BCUT2D eigenvalue weighted by Crippen LogP contribution is -2.27. The van der Waals surface area contributed by atoms with E-state index in [0.717, 1.165) is 32.5 Å². The minimum absolute atomic E-state index is 0.260. The Morgan fingerprint density at radius 3 is 2.74 bits per heavy atom. The van der Waals surface area contributed by atoms with Gasteiger partial charge in [0.25, 0.3) is 0 Å². The first kappa shape index (κ1) is 13.9.